The molecular weight excluding hydrogens is 494 g/mol. The SMILES string of the molecule is Cc1ccc(N(c2ccc(/C=C/c3ccc(C=C4CCCCC4)cc3)cc2)c2cccc3c2-c2ccccc2-3)cc1. The van der Waals surface area contributed by atoms with E-state index in [0.717, 1.165) is 5.69 Å². The lowest BCUT2D eigenvalue weighted by atomic mass is 9.79. The summed E-state index contributed by atoms with van der Waals surface area (Å²) >= 11 is 0. The first-order valence-electron chi connectivity index (χ1n) is 14.9. The number of nitrogens with zero attached hydrogens (tertiary/aromatic N) is 1. The second kappa shape index (κ2) is 11.1. The Hall–Kier alpha value is -4.62. The summed E-state index contributed by atoms with van der Waals surface area (Å²) in [6.07, 6.45) is 13.4. The third-order valence-electron chi connectivity index (χ3n) is 8.48. The highest BCUT2D eigenvalue weighted by molar-refractivity contribution is 6.09. The van der Waals surface area contributed by atoms with Gasteiger partial charge >= 0.3 is 0 Å². The zero-order valence-corrected chi connectivity index (χ0v) is 23.7. The van der Waals surface area contributed by atoms with Gasteiger partial charge in [0.15, 0.2) is 0 Å². The van der Waals surface area contributed by atoms with E-state index in [4.69, 9.17) is 0 Å². The molecule has 5 aromatic carbocycles. The van der Waals surface area contributed by atoms with E-state index in [9.17, 15) is 0 Å². The van der Waals surface area contributed by atoms with Crippen LogP contribution in [0.4, 0.5) is 17.1 Å². The maximum atomic E-state index is 2.39. The van der Waals surface area contributed by atoms with Crippen LogP contribution in [0.5, 0.6) is 0 Å². The van der Waals surface area contributed by atoms with Crippen molar-refractivity contribution in [2.45, 2.75) is 39.0 Å². The summed E-state index contributed by atoms with van der Waals surface area (Å²) in [5.41, 5.74) is 15.5. The average Bonchev–Trinajstić information content (AvgIpc) is 3.01. The summed E-state index contributed by atoms with van der Waals surface area (Å²) in [4.78, 5) is 2.39. The lowest BCUT2D eigenvalue weighted by Crippen LogP contribution is -2.13. The van der Waals surface area contributed by atoms with Crippen LogP contribution in [-0.4, -0.2) is 0 Å². The van der Waals surface area contributed by atoms with E-state index in [-0.39, 0.29) is 0 Å². The Bertz CT molecular complexity index is 1730. The third kappa shape index (κ3) is 5.16. The second-order valence-corrected chi connectivity index (χ2v) is 11.4. The minimum Gasteiger partial charge on any atom is -0.310 e. The molecule has 7 rings (SSSR count). The van der Waals surface area contributed by atoms with Gasteiger partial charge in [-0.05, 0) is 96.3 Å². The zero-order valence-electron chi connectivity index (χ0n) is 23.7. The third-order valence-corrected chi connectivity index (χ3v) is 8.48. The van der Waals surface area contributed by atoms with Crippen LogP contribution in [0.15, 0.2) is 121 Å². The molecule has 2 aliphatic carbocycles. The molecule has 0 aromatic heterocycles. The molecule has 0 saturated heterocycles. The lowest BCUT2D eigenvalue weighted by molar-refractivity contribution is 0.602. The fraction of sp³-hybridized carbons (Fsp3) is 0.150. The number of hydrogen-bond acceptors (Lipinski definition) is 1. The van der Waals surface area contributed by atoms with Crippen LogP contribution in [0.25, 0.3) is 40.5 Å². The molecule has 0 N–H and O–H groups in total. The van der Waals surface area contributed by atoms with Gasteiger partial charge in [0, 0.05) is 16.9 Å². The van der Waals surface area contributed by atoms with E-state index >= 15 is 0 Å². The topological polar surface area (TPSA) is 3.24 Å². The maximum Gasteiger partial charge on any atom is 0.0546 e. The second-order valence-electron chi connectivity index (χ2n) is 11.4. The molecule has 0 atom stereocenters. The molecule has 1 fully saturated rings. The van der Waals surface area contributed by atoms with E-state index in [1.807, 2.05) is 0 Å². The monoisotopic (exact) mass is 529 g/mol. The van der Waals surface area contributed by atoms with Gasteiger partial charge in [0.1, 0.15) is 0 Å². The first kappa shape index (κ1) is 25.4. The van der Waals surface area contributed by atoms with Gasteiger partial charge in [0.2, 0.25) is 0 Å². The molecule has 0 bridgehead atoms. The van der Waals surface area contributed by atoms with Crippen LogP contribution in [0.3, 0.4) is 0 Å². The number of fused-ring (bicyclic) bond motifs is 4. The molecule has 200 valence electrons. The summed E-state index contributed by atoms with van der Waals surface area (Å²) in [7, 11) is 0. The van der Waals surface area contributed by atoms with E-state index in [1.54, 1.807) is 5.57 Å². The summed E-state index contributed by atoms with van der Waals surface area (Å²) in [5.74, 6) is 0. The Balaban J connectivity index is 1.16. The minimum absolute atomic E-state index is 1.16. The largest absolute Gasteiger partial charge is 0.310 e. The van der Waals surface area contributed by atoms with Gasteiger partial charge in [-0.25, -0.2) is 0 Å². The van der Waals surface area contributed by atoms with E-state index < -0.39 is 0 Å². The van der Waals surface area contributed by atoms with Crippen LogP contribution >= 0.6 is 0 Å². The molecule has 0 spiro atoms. The summed E-state index contributed by atoms with van der Waals surface area (Å²) < 4.78 is 0. The molecule has 1 saturated carbocycles. The normalized spacial score (nSPS) is 13.8. The predicted molar refractivity (Wildman–Crippen MR) is 177 cm³/mol. The molecular formula is C40H35N. The van der Waals surface area contributed by atoms with Crippen molar-refractivity contribution >= 4 is 35.3 Å². The van der Waals surface area contributed by atoms with Crippen molar-refractivity contribution in [1.29, 1.82) is 0 Å². The fourth-order valence-electron chi connectivity index (χ4n) is 6.24. The predicted octanol–water partition coefficient (Wildman–Crippen LogP) is 11.6. The lowest BCUT2D eigenvalue weighted by Gasteiger charge is -2.33. The van der Waals surface area contributed by atoms with Crippen molar-refractivity contribution in [3.8, 4) is 22.3 Å². The first-order chi connectivity index (χ1) is 20.2. The Morgan fingerprint density at radius 1 is 0.512 bits per heavy atom. The molecule has 5 aromatic rings. The molecule has 0 unspecified atom stereocenters. The van der Waals surface area contributed by atoms with E-state index in [2.05, 4.69) is 145 Å². The average molecular weight is 530 g/mol. The standard InChI is InChI=1S/C40H35N/c1-29-14-24-34(25-15-29)41(39-13-7-12-38-36-10-5-6-11-37(36)40(38)39)35-26-22-31(23-27-35)17-16-30-18-20-33(21-19-30)28-32-8-3-2-4-9-32/h5-7,10-28H,2-4,8-9H2,1H3/b17-16+. The van der Waals surface area contributed by atoms with E-state index in [0.29, 0.717) is 0 Å². The Labute approximate surface area is 244 Å². The smallest absolute Gasteiger partial charge is 0.0546 e. The van der Waals surface area contributed by atoms with Crippen molar-refractivity contribution in [3.05, 3.63) is 143 Å². The highest BCUT2D eigenvalue weighted by Gasteiger charge is 2.28. The summed E-state index contributed by atoms with van der Waals surface area (Å²) in [6, 6.07) is 42.1. The van der Waals surface area contributed by atoms with Crippen molar-refractivity contribution in [1.82, 2.24) is 0 Å². The number of aryl methyl sites for hydroxylation is 1. The van der Waals surface area contributed by atoms with Crippen molar-refractivity contribution in [2.24, 2.45) is 0 Å². The highest BCUT2D eigenvalue weighted by Crippen LogP contribution is 2.53. The first-order valence-corrected chi connectivity index (χ1v) is 14.9. The molecule has 0 heterocycles. The number of hydrogen-bond donors (Lipinski definition) is 0. The number of allylic oxidation sites excluding steroid dienone is 1. The van der Waals surface area contributed by atoms with Crippen molar-refractivity contribution in [3.63, 3.8) is 0 Å². The van der Waals surface area contributed by atoms with Crippen LogP contribution in [0.1, 0.15) is 54.4 Å². The minimum atomic E-state index is 1.16. The Morgan fingerprint density at radius 2 is 1.07 bits per heavy atom. The van der Waals surface area contributed by atoms with Crippen LogP contribution in [0, 0.1) is 6.92 Å². The molecule has 0 aliphatic heterocycles. The number of anilines is 3. The molecule has 1 heteroatoms. The van der Waals surface area contributed by atoms with Gasteiger partial charge in [0.25, 0.3) is 0 Å². The van der Waals surface area contributed by atoms with Gasteiger partial charge in [-0.2, -0.15) is 0 Å². The molecule has 0 radical (unpaired) electrons. The molecule has 2 aliphatic rings. The quantitative estimate of drug-likeness (QED) is 0.194. The fourth-order valence-corrected chi connectivity index (χ4v) is 6.24. The van der Waals surface area contributed by atoms with Gasteiger partial charge in [-0.15, -0.1) is 0 Å². The van der Waals surface area contributed by atoms with Crippen LogP contribution in [-0.2, 0) is 0 Å². The number of rotatable bonds is 6. The van der Waals surface area contributed by atoms with Gasteiger partial charge in [-0.3, -0.25) is 0 Å². The van der Waals surface area contributed by atoms with Crippen molar-refractivity contribution in [2.75, 3.05) is 4.90 Å². The zero-order chi connectivity index (χ0) is 27.6. The van der Waals surface area contributed by atoms with Crippen LogP contribution < -0.4 is 4.90 Å². The number of benzene rings is 5. The summed E-state index contributed by atoms with van der Waals surface area (Å²) in [6.45, 7) is 2.14. The molecule has 0 amide bonds. The molecule has 1 nitrogen and oxygen atoms in total. The maximum absolute atomic E-state index is 2.39. The van der Waals surface area contributed by atoms with Crippen molar-refractivity contribution < 1.29 is 0 Å². The van der Waals surface area contributed by atoms with Gasteiger partial charge in [0.05, 0.1) is 5.69 Å². The van der Waals surface area contributed by atoms with E-state index in [1.165, 1.54) is 88.0 Å². The Morgan fingerprint density at radius 3 is 1.76 bits per heavy atom. The highest BCUT2D eigenvalue weighted by atomic mass is 15.1. The molecule has 41 heavy (non-hydrogen) atoms. The summed E-state index contributed by atoms with van der Waals surface area (Å²) in [5, 5.41) is 0. The van der Waals surface area contributed by atoms with Gasteiger partial charge in [-0.1, -0.05) is 121 Å². The van der Waals surface area contributed by atoms with Crippen LogP contribution in [0.2, 0.25) is 0 Å². The van der Waals surface area contributed by atoms with Gasteiger partial charge < -0.3 is 4.90 Å². The Kier molecular flexibility index (Phi) is 6.86.